The Kier molecular flexibility index (Phi) is 2.80. The van der Waals surface area contributed by atoms with Crippen LogP contribution in [0.2, 0.25) is 0 Å². The van der Waals surface area contributed by atoms with E-state index in [1.165, 1.54) is 0 Å². The van der Waals surface area contributed by atoms with E-state index < -0.39 is 18.3 Å². The standard InChI is InChI=1S/C6H8N2O5/c1-2-12-6(10)5-4(3-9)7-13-8(5)11/h9H,2-3H2,1H3. The largest absolute Gasteiger partial charge is 0.460 e. The van der Waals surface area contributed by atoms with Gasteiger partial charge in [0.1, 0.15) is 6.61 Å². The van der Waals surface area contributed by atoms with Gasteiger partial charge >= 0.3 is 11.7 Å². The van der Waals surface area contributed by atoms with Gasteiger partial charge in [0.05, 0.1) is 6.61 Å². The number of aliphatic hydroxyl groups excluding tert-OH is 1. The van der Waals surface area contributed by atoms with Gasteiger partial charge in [0.25, 0.3) is 5.69 Å². The van der Waals surface area contributed by atoms with Crippen LogP contribution in [-0.2, 0) is 11.3 Å². The summed E-state index contributed by atoms with van der Waals surface area (Å²) in [5.41, 5.74) is -0.544. The van der Waals surface area contributed by atoms with Gasteiger partial charge in [-0.15, -0.1) is 0 Å². The summed E-state index contributed by atoms with van der Waals surface area (Å²) in [6.07, 6.45) is 0. The quantitative estimate of drug-likeness (QED) is 0.481. The molecule has 0 radical (unpaired) electrons. The highest BCUT2D eigenvalue weighted by molar-refractivity contribution is 5.86. The Morgan fingerprint density at radius 3 is 3.08 bits per heavy atom. The molecule has 0 saturated heterocycles. The summed E-state index contributed by atoms with van der Waals surface area (Å²) >= 11 is 0. The smallest absolute Gasteiger partial charge is 0.387 e. The van der Waals surface area contributed by atoms with E-state index >= 15 is 0 Å². The summed E-state index contributed by atoms with van der Waals surface area (Å²) < 4.78 is 8.64. The zero-order valence-corrected chi connectivity index (χ0v) is 6.89. The first-order chi connectivity index (χ1) is 6.20. The van der Waals surface area contributed by atoms with Crippen molar-refractivity contribution in [3.05, 3.63) is 16.6 Å². The van der Waals surface area contributed by atoms with Crippen molar-refractivity contribution in [3.63, 3.8) is 0 Å². The van der Waals surface area contributed by atoms with Gasteiger partial charge in [-0.2, -0.15) is 0 Å². The summed E-state index contributed by atoms with van der Waals surface area (Å²) in [5, 5.41) is 22.6. The van der Waals surface area contributed by atoms with Crippen LogP contribution in [0.15, 0.2) is 4.63 Å². The molecule has 0 atom stereocenters. The van der Waals surface area contributed by atoms with E-state index in [9.17, 15) is 10.0 Å². The molecule has 1 rings (SSSR count). The second-order valence-corrected chi connectivity index (χ2v) is 2.10. The Balaban J connectivity index is 2.96. The maximum absolute atomic E-state index is 11.1. The minimum absolute atomic E-state index is 0.0937. The fourth-order valence-electron chi connectivity index (χ4n) is 0.771. The minimum atomic E-state index is -0.859. The molecule has 1 aromatic rings. The van der Waals surface area contributed by atoms with E-state index in [1.54, 1.807) is 6.92 Å². The molecule has 0 bridgehead atoms. The van der Waals surface area contributed by atoms with Crippen molar-refractivity contribution < 1.29 is 24.2 Å². The lowest BCUT2D eigenvalue weighted by Gasteiger charge is -1.97. The molecule has 0 aliphatic heterocycles. The van der Waals surface area contributed by atoms with Crippen molar-refractivity contribution in [1.29, 1.82) is 0 Å². The molecule has 0 aliphatic rings. The fraction of sp³-hybridized carbons (Fsp3) is 0.500. The molecule has 0 amide bonds. The van der Waals surface area contributed by atoms with Gasteiger partial charge in [-0.3, -0.25) is 4.63 Å². The van der Waals surface area contributed by atoms with Crippen molar-refractivity contribution in [2.45, 2.75) is 13.5 Å². The number of hydrogen-bond donors (Lipinski definition) is 1. The highest BCUT2D eigenvalue weighted by atomic mass is 16.8. The Labute approximate surface area is 73.1 Å². The predicted molar refractivity (Wildman–Crippen MR) is 37.3 cm³/mol. The number of carbonyl (C=O) groups is 1. The molecule has 0 saturated carbocycles. The Morgan fingerprint density at radius 1 is 1.85 bits per heavy atom. The van der Waals surface area contributed by atoms with E-state index in [4.69, 9.17) is 5.11 Å². The number of esters is 1. The molecule has 0 spiro atoms. The third-order valence-corrected chi connectivity index (χ3v) is 1.30. The molecule has 72 valence electrons. The lowest BCUT2D eigenvalue weighted by atomic mass is 10.3. The predicted octanol–water partition coefficient (Wildman–Crippen LogP) is -1.02. The molecule has 0 aromatic carbocycles. The van der Waals surface area contributed by atoms with Crippen LogP contribution in [0.25, 0.3) is 0 Å². The van der Waals surface area contributed by atoms with Crippen LogP contribution in [-0.4, -0.2) is 22.8 Å². The number of hydrogen-bond acceptors (Lipinski definition) is 6. The monoisotopic (exact) mass is 188 g/mol. The molecule has 0 fully saturated rings. The molecule has 7 heteroatoms. The lowest BCUT2D eigenvalue weighted by molar-refractivity contribution is -0.804. The first kappa shape index (κ1) is 9.46. The van der Waals surface area contributed by atoms with Gasteiger partial charge in [0, 0.05) is 5.16 Å². The third-order valence-electron chi connectivity index (χ3n) is 1.30. The van der Waals surface area contributed by atoms with Gasteiger partial charge in [0.2, 0.25) is 0 Å². The SMILES string of the molecule is CCOC(=O)c1c(CO)no[n+]1[O-]. The molecule has 1 N–H and O–H groups in total. The lowest BCUT2D eigenvalue weighted by Crippen LogP contribution is -2.32. The van der Waals surface area contributed by atoms with Crippen molar-refractivity contribution in [3.8, 4) is 0 Å². The number of ether oxygens (including phenoxy) is 1. The summed E-state index contributed by atoms with van der Waals surface area (Å²) in [4.78, 5) is 11.0. The van der Waals surface area contributed by atoms with Crippen LogP contribution in [0.4, 0.5) is 0 Å². The minimum Gasteiger partial charge on any atom is -0.460 e. The van der Waals surface area contributed by atoms with Crippen LogP contribution < -0.4 is 4.90 Å². The Hall–Kier alpha value is -1.63. The van der Waals surface area contributed by atoms with Crippen molar-refractivity contribution in [2.75, 3.05) is 6.61 Å². The molecule has 1 heterocycles. The average Bonchev–Trinajstić information content (AvgIpc) is 2.47. The van der Waals surface area contributed by atoms with Gasteiger partial charge < -0.3 is 15.1 Å². The van der Waals surface area contributed by atoms with Gasteiger partial charge in [-0.25, -0.2) is 4.79 Å². The van der Waals surface area contributed by atoms with Crippen LogP contribution >= 0.6 is 0 Å². The number of rotatable bonds is 3. The molecule has 1 aromatic heterocycles. The highest BCUT2D eigenvalue weighted by Crippen LogP contribution is 2.02. The molecule has 13 heavy (non-hydrogen) atoms. The van der Waals surface area contributed by atoms with Gasteiger partial charge in [0.15, 0.2) is 0 Å². The van der Waals surface area contributed by atoms with E-state index in [1.807, 2.05) is 0 Å². The summed E-state index contributed by atoms with van der Waals surface area (Å²) in [6, 6.07) is 0. The fourth-order valence-corrected chi connectivity index (χ4v) is 0.771. The van der Waals surface area contributed by atoms with E-state index in [-0.39, 0.29) is 17.2 Å². The van der Waals surface area contributed by atoms with Crippen LogP contribution in [0.1, 0.15) is 23.1 Å². The van der Waals surface area contributed by atoms with E-state index in [0.29, 0.717) is 0 Å². The first-order valence-electron chi connectivity index (χ1n) is 3.57. The van der Waals surface area contributed by atoms with E-state index in [2.05, 4.69) is 14.5 Å². The zero-order chi connectivity index (χ0) is 9.84. The maximum Gasteiger partial charge on any atom is 0.387 e. The van der Waals surface area contributed by atoms with Crippen LogP contribution in [0.5, 0.6) is 0 Å². The second-order valence-electron chi connectivity index (χ2n) is 2.10. The Morgan fingerprint density at radius 2 is 2.54 bits per heavy atom. The summed E-state index contributed by atoms with van der Waals surface area (Å²) in [5.74, 6) is -0.859. The van der Waals surface area contributed by atoms with E-state index in [0.717, 1.165) is 0 Å². The second kappa shape index (κ2) is 3.85. The van der Waals surface area contributed by atoms with Crippen LogP contribution in [0, 0.1) is 5.21 Å². The average molecular weight is 188 g/mol. The normalized spacial score (nSPS) is 10.0. The van der Waals surface area contributed by atoms with Crippen molar-refractivity contribution in [2.24, 2.45) is 0 Å². The Bertz CT molecular complexity index is 308. The number of nitrogens with zero attached hydrogens (tertiary/aromatic N) is 2. The zero-order valence-electron chi connectivity index (χ0n) is 6.89. The van der Waals surface area contributed by atoms with Crippen LogP contribution in [0.3, 0.4) is 0 Å². The van der Waals surface area contributed by atoms with Gasteiger partial charge in [-0.05, 0) is 11.8 Å². The first-order valence-corrected chi connectivity index (χ1v) is 3.57. The molecule has 0 aliphatic carbocycles. The highest BCUT2D eigenvalue weighted by Gasteiger charge is 2.26. The van der Waals surface area contributed by atoms with Crippen molar-refractivity contribution in [1.82, 2.24) is 5.16 Å². The van der Waals surface area contributed by atoms with Gasteiger partial charge in [-0.1, -0.05) is 0 Å². The summed E-state index contributed by atoms with van der Waals surface area (Å²) in [7, 11) is 0. The number of aliphatic hydroxyl groups is 1. The summed E-state index contributed by atoms with van der Waals surface area (Å²) in [6.45, 7) is 1.18. The maximum atomic E-state index is 11.1. The molecule has 0 unspecified atom stereocenters. The topological polar surface area (TPSA) is 99.5 Å². The third kappa shape index (κ3) is 1.75. The van der Waals surface area contributed by atoms with Crippen molar-refractivity contribution >= 4 is 5.97 Å². The molecular weight excluding hydrogens is 180 g/mol. The number of carbonyl (C=O) groups excluding carboxylic acids is 1. The molecule has 7 nitrogen and oxygen atoms in total. The molecular formula is C6H8N2O5. The number of aromatic nitrogens is 2.